The van der Waals surface area contributed by atoms with E-state index in [0.29, 0.717) is 11.8 Å². The van der Waals surface area contributed by atoms with Gasteiger partial charge in [-0.3, -0.25) is 0 Å². The highest BCUT2D eigenvalue weighted by Gasteiger charge is 2.35. The van der Waals surface area contributed by atoms with Gasteiger partial charge in [0.1, 0.15) is 0 Å². The summed E-state index contributed by atoms with van der Waals surface area (Å²) in [7, 11) is 0. The number of fused-ring (bicyclic) bond motifs is 1. The molecule has 0 aromatic carbocycles. The van der Waals surface area contributed by atoms with E-state index >= 15 is 0 Å². The zero-order valence-electron chi connectivity index (χ0n) is 7.21. The quantitative estimate of drug-likeness (QED) is 0.591. The van der Waals surface area contributed by atoms with Crippen molar-refractivity contribution < 1.29 is 0 Å². The van der Waals surface area contributed by atoms with E-state index in [0.717, 1.165) is 17.7 Å². The molecule has 0 heterocycles. The summed E-state index contributed by atoms with van der Waals surface area (Å²) in [6, 6.07) is 2.27. The van der Waals surface area contributed by atoms with Crippen molar-refractivity contribution in [3.8, 4) is 6.07 Å². The highest BCUT2D eigenvalue weighted by Crippen LogP contribution is 2.43. The van der Waals surface area contributed by atoms with Gasteiger partial charge in [0.25, 0.3) is 0 Å². The Morgan fingerprint density at radius 2 is 2.08 bits per heavy atom. The van der Waals surface area contributed by atoms with Crippen LogP contribution < -0.4 is 5.73 Å². The molecule has 0 aliphatic heterocycles. The Labute approximate surface area is 73.1 Å². The van der Waals surface area contributed by atoms with Crippen molar-refractivity contribution in [2.45, 2.75) is 32.1 Å². The number of allylic oxidation sites excluding steroid dienone is 2. The third-order valence-electron chi connectivity index (χ3n) is 3.23. The number of nitrogens with zero attached hydrogens (tertiary/aromatic N) is 1. The van der Waals surface area contributed by atoms with Crippen molar-refractivity contribution in [3.63, 3.8) is 0 Å². The van der Waals surface area contributed by atoms with Crippen molar-refractivity contribution in [3.05, 3.63) is 11.3 Å². The zero-order valence-corrected chi connectivity index (χ0v) is 7.21. The van der Waals surface area contributed by atoms with Crippen molar-refractivity contribution >= 4 is 0 Å². The third-order valence-corrected chi connectivity index (χ3v) is 3.23. The fraction of sp³-hybridized carbons (Fsp3) is 0.700. The average molecular weight is 162 g/mol. The van der Waals surface area contributed by atoms with Gasteiger partial charge in [-0.15, -0.1) is 0 Å². The molecule has 0 bridgehead atoms. The topological polar surface area (TPSA) is 49.8 Å². The van der Waals surface area contributed by atoms with Gasteiger partial charge in [-0.1, -0.05) is 12.8 Å². The van der Waals surface area contributed by atoms with Crippen LogP contribution in [0.4, 0.5) is 0 Å². The van der Waals surface area contributed by atoms with Gasteiger partial charge < -0.3 is 5.73 Å². The van der Waals surface area contributed by atoms with Crippen LogP contribution in [-0.2, 0) is 0 Å². The summed E-state index contributed by atoms with van der Waals surface area (Å²) in [4.78, 5) is 0. The van der Waals surface area contributed by atoms with Crippen molar-refractivity contribution in [1.82, 2.24) is 0 Å². The molecule has 2 heteroatoms. The third kappa shape index (κ3) is 1.01. The first-order chi connectivity index (χ1) is 5.83. The minimum atomic E-state index is 0.517. The molecule has 12 heavy (non-hydrogen) atoms. The normalized spacial score (nSPS) is 34.6. The Balaban J connectivity index is 2.22. The fourth-order valence-electron chi connectivity index (χ4n) is 2.62. The van der Waals surface area contributed by atoms with E-state index in [2.05, 4.69) is 6.07 Å². The molecule has 2 nitrogen and oxygen atoms in total. The predicted octanol–water partition coefficient (Wildman–Crippen LogP) is 1.93. The molecule has 2 atom stereocenters. The van der Waals surface area contributed by atoms with E-state index in [9.17, 15) is 0 Å². The fourth-order valence-corrected chi connectivity index (χ4v) is 2.62. The lowest BCUT2D eigenvalue weighted by Gasteiger charge is -2.25. The standard InChI is InChI=1S/C10H14N2/c11-6-9-8-4-2-1-3-7(8)5-10(9)12/h7-8H,1-5,12H2. The minimum absolute atomic E-state index is 0.517. The van der Waals surface area contributed by atoms with Crippen LogP contribution in [0.1, 0.15) is 32.1 Å². The second-order valence-corrected chi connectivity index (χ2v) is 3.91. The summed E-state index contributed by atoms with van der Waals surface area (Å²) < 4.78 is 0. The second kappa shape index (κ2) is 2.82. The Hall–Kier alpha value is -0.970. The van der Waals surface area contributed by atoms with Gasteiger partial charge in [-0.2, -0.15) is 5.26 Å². The van der Waals surface area contributed by atoms with Crippen LogP contribution in [0.15, 0.2) is 11.3 Å². The number of rotatable bonds is 0. The second-order valence-electron chi connectivity index (χ2n) is 3.91. The van der Waals surface area contributed by atoms with E-state index in [-0.39, 0.29) is 0 Å². The lowest BCUT2D eigenvalue weighted by atomic mass is 9.79. The van der Waals surface area contributed by atoms with Crippen LogP contribution in [0.3, 0.4) is 0 Å². The molecule has 64 valence electrons. The van der Waals surface area contributed by atoms with Gasteiger partial charge in [-0.25, -0.2) is 0 Å². The number of nitriles is 1. The zero-order chi connectivity index (χ0) is 8.55. The summed E-state index contributed by atoms with van der Waals surface area (Å²) in [6.45, 7) is 0. The van der Waals surface area contributed by atoms with Crippen LogP contribution >= 0.6 is 0 Å². The number of hydrogen-bond acceptors (Lipinski definition) is 2. The van der Waals surface area contributed by atoms with Crippen LogP contribution in [0.25, 0.3) is 0 Å². The smallest absolute Gasteiger partial charge is 0.0968 e. The van der Waals surface area contributed by atoms with Crippen LogP contribution in [0.2, 0.25) is 0 Å². The molecule has 1 saturated carbocycles. The molecule has 2 N–H and O–H groups in total. The van der Waals surface area contributed by atoms with Gasteiger partial charge in [0, 0.05) is 5.70 Å². The molecule has 0 aromatic heterocycles. The van der Waals surface area contributed by atoms with Gasteiger partial charge in [-0.05, 0) is 31.1 Å². The Morgan fingerprint density at radius 1 is 1.33 bits per heavy atom. The van der Waals surface area contributed by atoms with E-state index in [1.165, 1.54) is 25.7 Å². The maximum Gasteiger partial charge on any atom is 0.0968 e. The Bertz CT molecular complexity index is 260. The van der Waals surface area contributed by atoms with Crippen LogP contribution in [0, 0.1) is 23.2 Å². The summed E-state index contributed by atoms with van der Waals surface area (Å²) >= 11 is 0. The maximum absolute atomic E-state index is 8.89. The highest BCUT2D eigenvalue weighted by molar-refractivity contribution is 5.34. The number of hydrogen-bond donors (Lipinski definition) is 1. The summed E-state index contributed by atoms with van der Waals surface area (Å²) in [5, 5.41) is 8.89. The van der Waals surface area contributed by atoms with E-state index < -0.39 is 0 Å². The molecular formula is C10H14N2. The molecule has 2 aliphatic rings. The Morgan fingerprint density at radius 3 is 2.83 bits per heavy atom. The summed E-state index contributed by atoms with van der Waals surface area (Å²) in [5.41, 5.74) is 7.58. The lowest BCUT2D eigenvalue weighted by molar-refractivity contribution is 0.297. The van der Waals surface area contributed by atoms with Gasteiger partial charge in [0.05, 0.1) is 11.6 Å². The van der Waals surface area contributed by atoms with E-state index in [1.807, 2.05) is 0 Å². The Kier molecular flexibility index (Phi) is 1.80. The number of nitrogens with two attached hydrogens (primary N) is 1. The first-order valence-electron chi connectivity index (χ1n) is 4.71. The van der Waals surface area contributed by atoms with E-state index in [4.69, 9.17) is 11.0 Å². The summed E-state index contributed by atoms with van der Waals surface area (Å²) in [6.07, 6.45) is 6.05. The summed E-state index contributed by atoms with van der Waals surface area (Å²) in [5.74, 6) is 1.22. The van der Waals surface area contributed by atoms with Crippen LogP contribution in [0.5, 0.6) is 0 Å². The molecule has 1 fully saturated rings. The molecule has 0 amide bonds. The molecule has 2 aliphatic carbocycles. The average Bonchev–Trinajstić information content (AvgIpc) is 2.40. The van der Waals surface area contributed by atoms with Gasteiger partial charge >= 0.3 is 0 Å². The van der Waals surface area contributed by atoms with Crippen molar-refractivity contribution in [2.75, 3.05) is 0 Å². The molecule has 0 saturated heterocycles. The minimum Gasteiger partial charge on any atom is -0.401 e. The molecule has 2 rings (SSSR count). The first kappa shape index (κ1) is 7.67. The maximum atomic E-state index is 8.89. The largest absolute Gasteiger partial charge is 0.401 e. The van der Waals surface area contributed by atoms with E-state index in [1.54, 1.807) is 0 Å². The van der Waals surface area contributed by atoms with Gasteiger partial charge in [0.15, 0.2) is 0 Å². The predicted molar refractivity (Wildman–Crippen MR) is 46.9 cm³/mol. The highest BCUT2D eigenvalue weighted by atomic mass is 14.6. The molecular weight excluding hydrogens is 148 g/mol. The molecule has 2 unspecified atom stereocenters. The van der Waals surface area contributed by atoms with Crippen molar-refractivity contribution in [2.24, 2.45) is 17.6 Å². The molecule has 0 spiro atoms. The van der Waals surface area contributed by atoms with Gasteiger partial charge in [0.2, 0.25) is 0 Å². The van der Waals surface area contributed by atoms with Crippen molar-refractivity contribution in [1.29, 1.82) is 5.26 Å². The lowest BCUT2D eigenvalue weighted by Crippen LogP contribution is -2.15. The molecule has 0 radical (unpaired) electrons. The SMILES string of the molecule is N#CC1=C(N)CC2CCCCC12. The first-order valence-corrected chi connectivity index (χ1v) is 4.71. The van der Waals surface area contributed by atoms with Crippen LogP contribution in [-0.4, -0.2) is 0 Å². The monoisotopic (exact) mass is 162 g/mol. The molecule has 0 aromatic rings.